The van der Waals surface area contributed by atoms with Crippen molar-refractivity contribution >= 4 is 29.7 Å². The van der Waals surface area contributed by atoms with Crippen LogP contribution >= 0.6 is 23.8 Å². The number of aromatic nitrogens is 2. The number of hydrogen-bond donors (Lipinski definition) is 2. The zero-order valence-electron chi connectivity index (χ0n) is 13.8. The maximum Gasteiger partial charge on any atom is 0.226 e. The van der Waals surface area contributed by atoms with Crippen LogP contribution in [0.1, 0.15) is 36.7 Å². The Bertz CT molecular complexity index is 891. The zero-order chi connectivity index (χ0) is 18.3. The molecule has 0 aliphatic carbocycles. The fourth-order valence-corrected chi connectivity index (χ4v) is 3.76. The number of H-pyrrole nitrogens is 1. The van der Waals surface area contributed by atoms with E-state index in [0.717, 1.165) is 5.69 Å². The van der Waals surface area contributed by atoms with Gasteiger partial charge in [0.2, 0.25) is 5.91 Å². The molecule has 0 spiro atoms. The molecule has 2 heterocycles. The second-order valence-electron chi connectivity index (χ2n) is 6.52. The molecule has 1 aliphatic rings. The van der Waals surface area contributed by atoms with E-state index >= 15 is 0 Å². The topological polar surface area (TPSA) is 49.8 Å². The van der Waals surface area contributed by atoms with Crippen LogP contribution in [0.2, 0.25) is 5.02 Å². The Kier molecular flexibility index (Phi) is 4.97. The number of nitrogens with one attached hydrogen (secondary N) is 2. The highest BCUT2D eigenvalue weighted by Gasteiger charge is 2.31. The lowest BCUT2D eigenvalue weighted by Crippen LogP contribution is -2.31. The van der Waals surface area contributed by atoms with Crippen molar-refractivity contribution in [2.45, 2.75) is 45.2 Å². The van der Waals surface area contributed by atoms with Crippen LogP contribution in [0.25, 0.3) is 0 Å². The minimum Gasteiger partial charge on any atom is -0.354 e. The van der Waals surface area contributed by atoms with Crippen LogP contribution < -0.4 is 5.32 Å². The van der Waals surface area contributed by atoms with Gasteiger partial charge < -0.3 is 14.9 Å². The molecular weight excluding hydrogens is 368 g/mol. The number of amides is 1. The summed E-state index contributed by atoms with van der Waals surface area (Å²) in [5, 5.41) is 2.72. The van der Waals surface area contributed by atoms with E-state index < -0.39 is 17.6 Å². The van der Waals surface area contributed by atoms with Crippen molar-refractivity contribution in [3.63, 3.8) is 0 Å². The first-order valence-electron chi connectivity index (χ1n) is 8.01. The highest BCUT2D eigenvalue weighted by molar-refractivity contribution is 7.71. The number of aromatic amines is 1. The van der Waals surface area contributed by atoms with E-state index in [9.17, 15) is 13.6 Å². The van der Waals surface area contributed by atoms with Gasteiger partial charge in [0.15, 0.2) is 4.77 Å². The first-order chi connectivity index (χ1) is 11.8. The second kappa shape index (κ2) is 6.88. The summed E-state index contributed by atoms with van der Waals surface area (Å²) in [6.07, 6.45) is 0.545. The van der Waals surface area contributed by atoms with E-state index in [0.29, 0.717) is 23.4 Å². The van der Waals surface area contributed by atoms with Crippen molar-refractivity contribution in [1.29, 1.82) is 0 Å². The van der Waals surface area contributed by atoms with Gasteiger partial charge in [-0.2, -0.15) is 0 Å². The van der Waals surface area contributed by atoms with Crippen LogP contribution in [0.3, 0.4) is 0 Å². The minimum atomic E-state index is -0.730. The predicted molar refractivity (Wildman–Crippen MR) is 94.4 cm³/mol. The number of imidazole rings is 1. The molecule has 25 heavy (non-hydrogen) atoms. The molecule has 0 bridgehead atoms. The van der Waals surface area contributed by atoms with Gasteiger partial charge in [0.1, 0.15) is 11.6 Å². The Morgan fingerprint density at radius 3 is 2.88 bits per heavy atom. The van der Waals surface area contributed by atoms with Crippen molar-refractivity contribution in [2.24, 2.45) is 0 Å². The maximum atomic E-state index is 14.3. The summed E-state index contributed by atoms with van der Waals surface area (Å²) in [4.78, 5) is 15.1. The lowest BCUT2D eigenvalue weighted by atomic mass is 9.95. The Morgan fingerprint density at radius 2 is 2.20 bits per heavy atom. The summed E-state index contributed by atoms with van der Waals surface area (Å²) in [5.41, 5.74) is 1.48. The molecule has 3 rings (SSSR count). The van der Waals surface area contributed by atoms with Gasteiger partial charge in [-0.05, 0) is 44.6 Å². The number of carbonyl (C=O) groups excluding carboxylic acids is 1. The molecule has 0 fully saturated rings. The molecule has 4 nitrogen and oxygen atoms in total. The van der Waals surface area contributed by atoms with E-state index in [1.165, 1.54) is 12.1 Å². The molecule has 2 N–H and O–H groups in total. The van der Waals surface area contributed by atoms with Gasteiger partial charge in [0.25, 0.3) is 0 Å². The molecule has 1 aromatic heterocycles. The first-order valence-corrected chi connectivity index (χ1v) is 8.79. The van der Waals surface area contributed by atoms with Crippen LogP contribution in [0.4, 0.5) is 8.78 Å². The molecule has 134 valence electrons. The third-order valence-electron chi connectivity index (χ3n) is 4.29. The summed E-state index contributed by atoms with van der Waals surface area (Å²) < 4.78 is 30.7. The molecule has 8 heteroatoms. The molecule has 2 aromatic rings. The molecule has 0 radical (unpaired) electrons. The molecule has 0 saturated heterocycles. The van der Waals surface area contributed by atoms with Crippen LogP contribution in [-0.4, -0.2) is 21.5 Å². The molecular formula is C17H18ClF2N3OS. The van der Waals surface area contributed by atoms with Gasteiger partial charge in [-0.3, -0.25) is 4.79 Å². The summed E-state index contributed by atoms with van der Waals surface area (Å²) >= 11 is 11.1. The summed E-state index contributed by atoms with van der Waals surface area (Å²) in [5.74, 6) is -1.88. The number of benzene rings is 1. The number of halogens is 3. The van der Waals surface area contributed by atoms with Crippen molar-refractivity contribution in [3.05, 3.63) is 50.5 Å². The largest absolute Gasteiger partial charge is 0.354 e. The van der Waals surface area contributed by atoms with Crippen molar-refractivity contribution in [1.82, 2.24) is 14.9 Å². The van der Waals surface area contributed by atoms with Gasteiger partial charge in [0.05, 0.1) is 11.4 Å². The van der Waals surface area contributed by atoms with E-state index in [-0.39, 0.29) is 29.0 Å². The van der Waals surface area contributed by atoms with E-state index in [4.69, 9.17) is 23.8 Å². The summed E-state index contributed by atoms with van der Waals surface area (Å²) in [6, 6.07) is 2.42. The highest BCUT2D eigenvalue weighted by Crippen LogP contribution is 2.36. The second-order valence-corrected chi connectivity index (χ2v) is 7.32. The zero-order valence-corrected chi connectivity index (χ0v) is 15.4. The maximum absolute atomic E-state index is 14.3. The van der Waals surface area contributed by atoms with Crippen LogP contribution in [-0.2, 0) is 24.2 Å². The number of fused-ring (bicyclic) bond motifs is 1. The monoisotopic (exact) mass is 385 g/mol. The average Bonchev–Trinajstić information content (AvgIpc) is 3.05. The minimum absolute atomic E-state index is 0.0248. The molecule has 1 unspecified atom stereocenters. The summed E-state index contributed by atoms with van der Waals surface area (Å²) in [7, 11) is 0. The molecule has 1 aliphatic heterocycles. The molecule has 1 atom stereocenters. The fourth-order valence-electron chi connectivity index (χ4n) is 3.29. The van der Waals surface area contributed by atoms with Crippen LogP contribution in [0.15, 0.2) is 12.1 Å². The molecule has 0 saturated carbocycles. The predicted octanol–water partition coefficient (Wildman–Crippen LogP) is 3.88. The van der Waals surface area contributed by atoms with E-state index in [1.807, 2.05) is 13.8 Å². The number of carbonyl (C=O) groups is 1. The normalized spacial score (nSPS) is 16.3. The third-order valence-corrected chi connectivity index (χ3v) is 4.91. The number of hydrogen-bond acceptors (Lipinski definition) is 2. The van der Waals surface area contributed by atoms with Crippen molar-refractivity contribution < 1.29 is 13.6 Å². The Balaban J connectivity index is 1.89. The van der Waals surface area contributed by atoms with Gasteiger partial charge in [-0.15, -0.1) is 0 Å². The van der Waals surface area contributed by atoms with Crippen LogP contribution in [0.5, 0.6) is 0 Å². The number of rotatable bonds is 4. The summed E-state index contributed by atoms with van der Waals surface area (Å²) in [6.45, 7) is 4.11. The van der Waals surface area contributed by atoms with E-state index in [2.05, 4.69) is 10.3 Å². The standard InChI is InChI=1S/C17H18ClF2N3OS/c1-8(2)21-14(24)6-12-13-5-9(7-23(13)17(25)22-12)15-11(19)4-3-10(18)16(15)20/h3-4,8-9H,5-7H2,1-2H3,(H,21,24)(H,22,25). The first kappa shape index (κ1) is 18.1. The quantitative estimate of drug-likeness (QED) is 0.619. The highest BCUT2D eigenvalue weighted by atomic mass is 35.5. The van der Waals surface area contributed by atoms with Gasteiger partial charge in [-0.25, -0.2) is 8.78 Å². The Morgan fingerprint density at radius 1 is 1.48 bits per heavy atom. The SMILES string of the molecule is CC(C)NC(=O)Cc1[nH]c(=S)n2c1CC(c1c(F)ccc(Cl)c1F)C2. The van der Waals surface area contributed by atoms with Crippen molar-refractivity contribution in [2.75, 3.05) is 0 Å². The number of nitrogens with zero attached hydrogens (tertiary/aromatic N) is 1. The smallest absolute Gasteiger partial charge is 0.226 e. The lowest BCUT2D eigenvalue weighted by Gasteiger charge is -2.13. The lowest BCUT2D eigenvalue weighted by molar-refractivity contribution is -0.120. The Hall–Kier alpha value is -1.73. The van der Waals surface area contributed by atoms with Gasteiger partial charge in [0, 0.05) is 35.5 Å². The Labute approximate surface area is 154 Å². The third kappa shape index (κ3) is 3.48. The fraction of sp³-hybridized carbons (Fsp3) is 0.412. The molecule has 1 amide bonds. The van der Waals surface area contributed by atoms with Crippen LogP contribution in [0, 0.1) is 16.4 Å². The van der Waals surface area contributed by atoms with Crippen molar-refractivity contribution in [3.8, 4) is 0 Å². The van der Waals surface area contributed by atoms with E-state index in [1.54, 1.807) is 4.57 Å². The van der Waals surface area contributed by atoms with Gasteiger partial charge >= 0.3 is 0 Å². The average molecular weight is 386 g/mol. The molecule has 1 aromatic carbocycles. The van der Waals surface area contributed by atoms with Gasteiger partial charge in [-0.1, -0.05) is 11.6 Å².